The van der Waals surface area contributed by atoms with E-state index in [1.807, 2.05) is 0 Å². The van der Waals surface area contributed by atoms with Crippen molar-refractivity contribution in [1.29, 1.82) is 0 Å². The summed E-state index contributed by atoms with van der Waals surface area (Å²) < 4.78 is 22.4. The molecule has 4 nitrogen and oxygen atoms in total. The van der Waals surface area contributed by atoms with Crippen molar-refractivity contribution >= 4 is 7.82 Å². The second kappa shape index (κ2) is 37.9. The first-order valence-electron chi connectivity index (χ1n) is 18.7. The van der Waals surface area contributed by atoms with E-state index in [-0.39, 0.29) is 19.5 Å². The Labute approximate surface area is 277 Å². The van der Waals surface area contributed by atoms with Gasteiger partial charge in [0, 0.05) is 19.5 Å². The van der Waals surface area contributed by atoms with Gasteiger partial charge in [-0.1, -0.05) is 206 Å². The van der Waals surface area contributed by atoms with Crippen LogP contribution in [0.1, 0.15) is 219 Å². The Morgan fingerprint density at radius 1 is 0.357 bits per heavy atom. The van der Waals surface area contributed by atoms with Gasteiger partial charge >= 0.3 is 7.82 Å². The smallest absolute Gasteiger partial charge is 0.302 e. The van der Waals surface area contributed by atoms with Crippen LogP contribution >= 0.6 is 7.82 Å². The molecule has 0 saturated heterocycles. The summed E-state index contributed by atoms with van der Waals surface area (Å²) in [4.78, 5) is 9.88. The number of rotatable bonds is 36. The Balaban J connectivity index is 0. The van der Waals surface area contributed by atoms with Gasteiger partial charge in [0.05, 0.1) is 13.2 Å². The molecule has 42 heavy (non-hydrogen) atoms. The summed E-state index contributed by atoms with van der Waals surface area (Å²) in [5.41, 5.74) is 0. The minimum Gasteiger partial charge on any atom is -0.302 e. The molecule has 0 rings (SSSR count). The van der Waals surface area contributed by atoms with Gasteiger partial charge in [0.2, 0.25) is 0 Å². The Hall–Kier alpha value is 0.733. The van der Waals surface area contributed by atoms with Gasteiger partial charge in [0.15, 0.2) is 0 Å². The van der Waals surface area contributed by atoms with Crippen molar-refractivity contribution in [3.8, 4) is 0 Å². The van der Waals surface area contributed by atoms with Crippen LogP contribution < -0.4 is 0 Å². The van der Waals surface area contributed by atoms with E-state index >= 15 is 0 Å². The van der Waals surface area contributed by atoms with Crippen LogP contribution in [-0.2, 0) is 33.1 Å². The van der Waals surface area contributed by atoms with E-state index in [9.17, 15) is 9.46 Å². The first-order chi connectivity index (χ1) is 20.1. The first-order valence-corrected chi connectivity index (χ1v) is 20.2. The molecule has 0 unspecified atom stereocenters. The van der Waals surface area contributed by atoms with E-state index in [2.05, 4.69) is 13.8 Å². The van der Waals surface area contributed by atoms with E-state index < -0.39 is 7.82 Å². The molecule has 0 aliphatic carbocycles. The largest absolute Gasteiger partial charge is 0.472 e. The monoisotopic (exact) mass is 666 g/mol. The maximum atomic E-state index is 12.0. The summed E-state index contributed by atoms with van der Waals surface area (Å²) in [7, 11) is -3.87. The minimum atomic E-state index is -3.87. The van der Waals surface area contributed by atoms with Crippen molar-refractivity contribution in [2.45, 2.75) is 219 Å². The van der Waals surface area contributed by atoms with Gasteiger partial charge in [0.25, 0.3) is 0 Å². The van der Waals surface area contributed by atoms with Crippen LogP contribution in [0.3, 0.4) is 0 Å². The molecular weight excluding hydrogens is 593 g/mol. The third kappa shape index (κ3) is 38.8. The maximum Gasteiger partial charge on any atom is 0.472 e. The molecule has 0 saturated carbocycles. The fourth-order valence-corrected chi connectivity index (χ4v) is 6.49. The molecule has 250 valence electrons. The number of unbranched alkanes of at least 4 members (excludes halogenated alkanes) is 30. The molecule has 0 aromatic heterocycles. The normalized spacial score (nSPS) is 11.7. The molecule has 0 spiro atoms. The van der Waals surface area contributed by atoms with Gasteiger partial charge in [-0.15, -0.1) is 0 Å². The zero-order valence-electron chi connectivity index (χ0n) is 28.9. The second-order valence-corrected chi connectivity index (χ2v) is 14.2. The van der Waals surface area contributed by atoms with E-state index in [1.165, 1.54) is 180 Å². The van der Waals surface area contributed by atoms with E-state index in [1.54, 1.807) is 0 Å². The second-order valence-electron chi connectivity index (χ2n) is 12.7. The van der Waals surface area contributed by atoms with Crippen molar-refractivity contribution in [2.24, 2.45) is 0 Å². The predicted octanol–water partition coefficient (Wildman–Crippen LogP) is 13.6. The average molecular weight is 668 g/mol. The molecule has 0 aliphatic heterocycles. The Morgan fingerprint density at radius 3 is 0.714 bits per heavy atom. The van der Waals surface area contributed by atoms with Gasteiger partial charge in [0.1, 0.15) is 0 Å². The molecule has 6 heteroatoms. The van der Waals surface area contributed by atoms with Crippen molar-refractivity contribution in [3.63, 3.8) is 0 Å². The standard InChI is InChI=1S/C36H75O4P.Zn/c1-3-5-7-9-11-13-15-17-19-21-23-25-27-29-31-33-35-39-41(37,38)40-36-34-32-30-28-26-24-22-20-18-16-14-12-10-8-6-4-2;/h3-36H2,1-2H3,(H,37,38);. The molecule has 0 atom stereocenters. The van der Waals surface area contributed by atoms with Crippen LogP contribution in [0, 0.1) is 0 Å². The topological polar surface area (TPSA) is 55.8 Å². The Kier molecular flexibility index (Phi) is 40.5. The number of phosphoric acid groups is 1. The number of hydrogen-bond acceptors (Lipinski definition) is 3. The molecule has 0 amide bonds. The quantitative estimate of drug-likeness (QED) is 0.0410. The van der Waals surface area contributed by atoms with E-state index in [0.29, 0.717) is 13.2 Å². The predicted molar refractivity (Wildman–Crippen MR) is 181 cm³/mol. The van der Waals surface area contributed by atoms with Crippen molar-refractivity contribution in [3.05, 3.63) is 0 Å². The Morgan fingerprint density at radius 2 is 0.524 bits per heavy atom. The summed E-state index contributed by atoms with van der Waals surface area (Å²) in [6, 6.07) is 0. The van der Waals surface area contributed by atoms with Crippen LogP contribution in [0.4, 0.5) is 0 Å². The molecule has 0 radical (unpaired) electrons. The zero-order valence-corrected chi connectivity index (χ0v) is 32.7. The van der Waals surface area contributed by atoms with Crippen LogP contribution in [0.25, 0.3) is 0 Å². The van der Waals surface area contributed by atoms with Crippen LogP contribution in [0.15, 0.2) is 0 Å². The van der Waals surface area contributed by atoms with Crippen LogP contribution in [-0.4, -0.2) is 18.1 Å². The third-order valence-electron chi connectivity index (χ3n) is 8.50. The molecular formula is C36H75O4PZn. The minimum absolute atomic E-state index is 0. The number of hydrogen-bond donors (Lipinski definition) is 1. The summed E-state index contributed by atoms with van der Waals surface area (Å²) in [5, 5.41) is 0. The van der Waals surface area contributed by atoms with Crippen LogP contribution in [0.2, 0.25) is 0 Å². The van der Waals surface area contributed by atoms with Gasteiger partial charge in [-0.2, -0.15) is 0 Å². The SMILES string of the molecule is CCCCCCCCCCCCCCCCCCOP(=O)(O)OCCCCCCCCCCCCCCCCCC.[Zn]. The molecule has 0 bridgehead atoms. The van der Waals surface area contributed by atoms with Crippen molar-refractivity contribution < 1.29 is 38.0 Å². The molecule has 1 N–H and O–H groups in total. The van der Waals surface area contributed by atoms with Gasteiger partial charge < -0.3 is 4.89 Å². The Bertz CT molecular complexity index is 493. The first kappa shape index (κ1) is 44.9. The van der Waals surface area contributed by atoms with E-state index in [4.69, 9.17) is 9.05 Å². The van der Waals surface area contributed by atoms with Crippen molar-refractivity contribution in [2.75, 3.05) is 13.2 Å². The summed E-state index contributed by atoms with van der Waals surface area (Å²) >= 11 is 0. The number of phosphoric ester groups is 1. The van der Waals surface area contributed by atoms with Gasteiger partial charge in [-0.05, 0) is 12.8 Å². The molecule has 0 heterocycles. The third-order valence-corrected chi connectivity index (χ3v) is 9.52. The summed E-state index contributed by atoms with van der Waals surface area (Å²) in [6.07, 6.45) is 42.2. The summed E-state index contributed by atoms with van der Waals surface area (Å²) in [5.74, 6) is 0. The maximum absolute atomic E-state index is 12.0. The molecule has 0 aromatic rings. The van der Waals surface area contributed by atoms with Crippen LogP contribution in [0.5, 0.6) is 0 Å². The van der Waals surface area contributed by atoms with Gasteiger partial charge in [-0.25, -0.2) is 4.57 Å². The van der Waals surface area contributed by atoms with Gasteiger partial charge in [-0.3, -0.25) is 9.05 Å². The van der Waals surface area contributed by atoms with Crippen molar-refractivity contribution in [1.82, 2.24) is 0 Å². The molecule has 0 fully saturated rings. The molecule has 0 aliphatic rings. The average Bonchev–Trinajstić information content (AvgIpc) is 2.96. The zero-order chi connectivity index (χ0) is 30.0. The molecule has 0 aromatic carbocycles. The van der Waals surface area contributed by atoms with E-state index in [0.717, 1.165) is 25.7 Å². The fourth-order valence-electron chi connectivity index (χ4n) is 5.70. The summed E-state index contributed by atoms with van der Waals surface area (Å²) in [6.45, 7) is 5.21. The fraction of sp³-hybridized carbons (Fsp3) is 1.00.